The zero-order chi connectivity index (χ0) is 14.2. The Morgan fingerprint density at radius 2 is 2.11 bits per heavy atom. The number of thioether (sulfide) groups is 1. The van der Waals surface area contributed by atoms with Crippen molar-refractivity contribution < 1.29 is 14.0 Å². The minimum Gasteiger partial charge on any atom is -0.463 e. The average Bonchev–Trinajstić information content (AvgIpc) is 2.83. The van der Waals surface area contributed by atoms with Crippen LogP contribution in [0.1, 0.15) is 32.3 Å². The Balaban J connectivity index is 2.35. The van der Waals surface area contributed by atoms with Gasteiger partial charge in [0.1, 0.15) is 11.5 Å². The van der Waals surface area contributed by atoms with Gasteiger partial charge in [-0.3, -0.25) is 9.59 Å². The Hall–Kier alpha value is -1.76. The van der Waals surface area contributed by atoms with Crippen LogP contribution in [-0.4, -0.2) is 22.0 Å². The fourth-order valence-electron chi connectivity index (χ4n) is 1.85. The van der Waals surface area contributed by atoms with Crippen LogP contribution in [0.2, 0.25) is 0 Å². The van der Waals surface area contributed by atoms with Gasteiger partial charge in [0.05, 0.1) is 0 Å². The van der Waals surface area contributed by atoms with Crippen LogP contribution < -0.4 is 5.32 Å². The van der Waals surface area contributed by atoms with Crippen LogP contribution in [0.5, 0.6) is 0 Å². The van der Waals surface area contributed by atoms with Gasteiger partial charge in [-0.2, -0.15) is 0 Å². The van der Waals surface area contributed by atoms with Gasteiger partial charge >= 0.3 is 0 Å². The molecule has 0 unspecified atom stereocenters. The second-order valence-corrected chi connectivity index (χ2v) is 5.80. The van der Waals surface area contributed by atoms with Gasteiger partial charge in [0.2, 0.25) is 11.8 Å². The molecule has 0 aromatic carbocycles. The Bertz CT molecular complexity index is 566. The zero-order valence-electron chi connectivity index (χ0n) is 11.2. The molecule has 1 atom stereocenters. The van der Waals surface area contributed by atoms with Crippen molar-refractivity contribution in [2.75, 3.05) is 0 Å². The van der Waals surface area contributed by atoms with E-state index in [0.717, 1.165) is 5.76 Å². The van der Waals surface area contributed by atoms with Crippen LogP contribution in [0.25, 0.3) is 0 Å². The highest BCUT2D eigenvalue weighted by Crippen LogP contribution is 2.45. The van der Waals surface area contributed by atoms with Crippen molar-refractivity contribution in [3.05, 3.63) is 23.7 Å². The largest absolute Gasteiger partial charge is 0.463 e. The standard InChI is InChI=1S/C12H15N3O3S/c1-7-5-6-10(18-7)12(4)15(9(3)17)14-11(19-12)13-8(2)16/h5-6H,1-4H3,(H,13,14,16)/t12-/m0/s1. The lowest BCUT2D eigenvalue weighted by molar-refractivity contribution is -0.132. The van der Waals surface area contributed by atoms with E-state index in [-0.39, 0.29) is 11.8 Å². The van der Waals surface area contributed by atoms with E-state index in [1.807, 2.05) is 26.0 Å². The summed E-state index contributed by atoms with van der Waals surface area (Å²) in [6, 6.07) is 3.64. The number of nitrogens with zero attached hydrogens (tertiary/aromatic N) is 2. The first-order valence-corrected chi connectivity index (χ1v) is 6.57. The number of hydrazone groups is 1. The monoisotopic (exact) mass is 281 g/mol. The molecular weight excluding hydrogens is 266 g/mol. The number of amides is 2. The molecule has 0 saturated heterocycles. The van der Waals surface area contributed by atoms with Crippen molar-refractivity contribution in [3.8, 4) is 0 Å². The maximum Gasteiger partial charge on any atom is 0.241 e. The van der Waals surface area contributed by atoms with Gasteiger partial charge in [-0.1, -0.05) is 0 Å². The molecule has 1 N–H and O–H groups in total. The van der Waals surface area contributed by atoms with Crippen LogP contribution in [0.4, 0.5) is 0 Å². The highest BCUT2D eigenvalue weighted by molar-refractivity contribution is 8.14. The number of furan rings is 1. The lowest BCUT2D eigenvalue weighted by Gasteiger charge is -2.28. The van der Waals surface area contributed by atoms with Crippen molar-refractivity contribution >= 4 is 28.7 Å². The first-order chi connectivity index (χ1) is 8.83. The molecule has 2 heterocycles. The first-order valence-electron chi connectivity index (χ1n) is 5.76. The molecule has 1 aliphatic rings. The maximum atomic E-state index is 11.7. The smallest absolute Gasteiger partial charge is 0.241 e. The lowest BCUT2D eigenvalue weighted by Crippen LogP contribution is -2.37. The fraction of sp³-hybridized carbons (Fsp3) is 0.417. The van der Waals surface area contributed by atoms with Crippen LogP contribution >= 0.6 is 11.8 Å². The second-order valence-electron chi connectivity index (χ2n) is 4.41. The molecule has 6 nitrogen and oxygen atoms in total. The van der Waals surface area contributed by atoms with Gasteiger partial charge in [0, 0.05) is 13.8 Å². The summed E-state index contributed by atoms with van der Waals surface area (Å²) < 4.78 is 5.60. The summed E-state index contributed by atoms with van der Waals surface area (Å²) in [5.74, 6) is 0.932. The van der Waals surface area contributed by atoms with Gasteiger partial charge in [-0.25, -0.2) is 5.01 Å². The van der Waals surface area contributed by atoms with Gasteiger partial charge in [0.15, 0.2) is 10.0 Å². The highest BCUT2D eigenvalue weighted by Gasteiger charge is 2.46. The Morgan fingerprint density at radius 1 is 1.42 bits per heavy atom. The SMILES string of the molecule is CC(=O)NC1=NN(C(C)=O)[C@](C)(c2ccc(C)o2)S1. The molecule has 1 aromatic rings. The van der Waals surface area contributed by atoms with Crippen molar-refractivity contribution in [1.82, 2.24) is 10.3 Å². The van der Waals surface area contributed by atoms with E-state index in [4.69, 9.17) is 4.42 Å². The molecule has 2 amide bonds. The number of aryl methyl sites for hydroxylation is 1. The lowest BCUT2D eigenvalue weighted by atomic mass is 10.2. The normalized spacial score (nSPS) is 22.3. The van der Waals surface area contributed by atoms with Crippen LogP contribution in [0.3, 0.4) is 0 Å². The third-order valence-electron chi connectivity index (χ3n) is 2.67. The third kappa shape index (κ3) is 2.51. The summed E-state index contributed by atoms with van der Waals surface area (Å²) in [6.07, 6.45) is 0. The van der Waals surface area contributed by atoms with Crippen LogP contribution in [0.15, 0.2) is 21.7 Å². The van der Waals surface area contributed by atoms with E-state index in [9.17, 15) is 9.59 Å². The average molecular weight is 281 g/mol. The van der Waals surface area contributed by atoms with E-state index >= 15 is 0 Å². The molecule has 0 aliphatic carbocycles. The van der Waals surface area contributed by atoms with Gasteiger partial charge in [-0.05, 0) is 37.7 Å². The number of rotatable bonds is 1. The van der Waals surface area contributed by atoms with Crippen molar-refractivity contribution in [2.45, 2.75) is 32.6 Å². The Kier molecular flexibility index (Phi) is 3.40. The van der Waals surface area contributed by atoms with E-state index in [1.54, 1.807) is 0 Å². The number of carbonyl (C=O) groups is 2. The number of carbonyl (C=O) groups excluding carboxylic acids is 2. The quantitative estimate of drug-likeness (QED) is 0.851. The zero-order valence-corrected chi connectivity index (χ0v) is 12.0. The minimum atomic E-state index is -0.780. The number of hydrogen-bond acceptors (Lipinski definition) is 5. The first kappa shape index (κ1) is 13.7. The molecule has 0 bridgehead atoms. The summed E-state index contributed by atoms with van der Waals surface area (Å²) in [4.78, 5) is 22.0. The highest BCUT2D eigenvalue weighted by atomic mass is 32.2. The topological polar surface area (TPSA) is 74.9 Å². The predicted molar refractivity (Wildman–Crippen MR) is 72.2 cm³/mol. The van der Waals surface area contributed by atoms with Crippen molar-refractivity contribution in [3.63, 3.8) is 0 Å². The van der Waals surface area contributed by atoms with Gasteiger partial charge < -0.3 is 9.73 Å². The summed E-state index contributed by atoms with van der Waals surface area (Å²) in [5, 5.41) is 8.44. The molecule has 2 rings (SSSR count). The second kappa shape index (κ2) is 4.73. The summed E-state index contributed by atoms with van der Waals surface area (Å²) in [5.41, 5.74) is 0. The molecule has 19 heavy (non-hydrogen) atoms. The van der Waals surface area contributed by atoms with Gasteiger partial charge in [-0.15, -0.1) is 5.10 Å². The van der Waals surface area contributed by atoms with E-state index in [2.05, 4.69) is 10.4 Å². The van der Waals surface area contributed by atoms with E-state index in [0.29, 0.717) is 10.9 Å². The minimum absolute atomic E-state index is 0.218. The third-order valence-corrected chi connectivity index (χ3v) is 3.82. The fourth-order valence-corrected chi connectivity index (χ4v) is 3.01. The molecule has 1 aliphatic heterocycles. The number of nitrogens with one attached hydrogen (secondary N) is 1. The van der Waals surface area contributed by atoms with Crippen molar-refractivity contribution in [2.24, 2.45) is 5.10 Å². The molecule has 1 aromatic heterocycles. The molecule has 0 spiro atoms. The molecular formula is C12H15N3O3S. The number of hydrogen-bond donors (Lipinski definition) is 1. The molecule has 7 heteroatoms. The van der Waals surface area contributed by atoms with E-state index < -0.39 is 4.87 Å². The molecule has 102 valence electrons. The summed E-state index contributed by atoms with van der Waals surface area (Å²) in [6.45, 7) is 6.48. The summed E-state index contributed by atoms with van der Waals surface area (Å²) >= 11 is 1.27. The van der Waals surface area contributed by atoms with E-state index in [1.165, 1.54) is 30.6 Å². The van der Waals surface area contributed by atoms with Gasteiger partial charge in [0.25, 0.3) is 0 Å². The Morgan fingerprint density at radius 3 is 2.58 bits per heavy atom. The molecule has 0 saturated carbocycles. The Labute approximate surface area is 115 Å². The molecule has 0 radical (unpaired) electrons. The maximum absolute atomic E-state index is 11.7. The summed E-state index contributed by atoms with van der Waals surface area (Å²) in [7, 11) is 0. The van der Waals surface area contributed by atoms with Crippen molar-refractivity contribution in [1.29, 1.82) is 0 Å². The predicted octanol–water partition coefficient (Wildman–Crippen LogP) is 1.76. The molecule has 0 fully saturated rings. The van der Waals surface area contributed by atoms with Crippen LogP contribution in [0, 0.1) is 6.92 Å². The number of amidine groups is 1. The van der Waals surface area contributed by atoms with Crippen LogP contribution in [-0.2, 0) is 14.5 Å².